The Morgan fingerprint density at radius 1 is 1.33 bits per heavy atom. The lowest BCUT2D eigenvalue weighted by Crippen LogP contribution is -2.45. The van der Waals surface area contributed by atoms with Crippen LogP contribution in [0.25, 0.3) is 0 Å². The summed E-state index contributed by atoms with van der Waals surface area (Å²) in [6.45, 7) is 6.74. The smallest absolute Gasteiger partial charge is 0.323 e. The fraction of sp³-hybridized carbons (Fsp3) is 0.533. The number of unbranched alkanes of at least 4 members (excludes halogenated alkanes) is 1. The first-order valence-corrected chi connectivity index (χ1v) is 10.2. The average Bonchev–Trinajstić information content (AvgIpc) is 2.42. The van der Waals surface area contributed by atoms with Gasteiger partial charge < -0.3 is 14.7 Å². The number of aromatic hydroxyl groups is 1. The number of phenols is 1. The van der Waals surface area contributed by atoms with Crippen LogP contribution in [-0.4, -0.2) is 42.9 Å². The highest BCUT2D eigenvalue weighted by Crippen LogP contribution is 2.15. The second kappa shape index (κ2) is 8.81. The second-order valence-electron chi connectivity index (χ2n) is 5.37. The van der Waals surface area contributed by atoms with Crippen molar-refractivity contribution in [2.24, 2.45) is 0 Å². The van der Waals surface area contributed by atoms with Gasteiger partial charge in [-0.05, 0) is 37.2 Å². The van der Waals surface area contributed by atoms with Crippen molar-refractivity contribution < 1.29 is 19.5 Å². The lowest BCUT2D eigenvalue weighted by Gasteiger charge is -2.30. The number of benzene rings is 1. The van der Waals surface area contributed by atoms with Crippen molar-refractivity contribution in [3.63, 3.8) is 0 Å². The predicted octanol–water partition coefficient (Wildman–Crippen LogP) is 2.41. The van der Waals surface area contributed by atoms with Crippen molar-refractivity contribution in [2.75, 3.05) is 6.54 Å². The maximum atomic E-state index is 11.6. The van der Waals surface area contributed by atoms with Gasteiger partial charge in [-0.2, -0.15) is 5.06 Å². The largest absolute Gasteiger partial charge is 0.508 e. The van der Waals surface area contributed by atoms with Crippen LogP contribution in [-0.2, 0) is 15.7 Å². The third kappa shape index (κ3) is 6.28. The van der Waals surface area contributed by atoms with Gasteiger partial charge in [0, 0.05) is 13.0 Å². The first kappa shape index (κ1) is 17.7. The molecule has 1 aromatic carbocycles. The van der Waals surface area contributed by atoms with Gasteiger partial charge in [0.15, 0.2) is 9.04 Å². The monoisotopic (exact) mass is 311 g/mol. The summed E-state index contributed by atoms with van der Waals surface area (Å²) >= 11 is 0. The van der Waals surface area contributed by atoms with Crippen LogP contribution in [0.1, 0.15) is 25.3 Å². The standard InChI is InChI=1S/C15H25NO4Si/c1-4-5-10-16(20-21(2)3)14(15(18)19)11-12-6-8-13(17)9-7-12/h6-9,14,17,21H,4-5,10-11H2,1-3H3,(H,18,19)/t14-/m0/s1. The molecule has 0 amide bonds. The Bertz CT molecular complexity index is 436. The second-order valence-corrected chi connectivity index (χ2v) is 7.68. The van der Waals surface area contributed by atoms with E-state index >= 15 is 0 Å². The van der Waals surface area contributed by atoms with Crippen molar-refractivity contribution in [1.82, 2.24) is 5.06 Å². The van der Waals surface area contributed by atoms with E-state index in [1.807, 2.05) is 13.1 Å². The molecule has 0 bridgehead atoms. The molecule has 0 aliphatic rings. The molecule has 0 unspecified atom stereocenters. The van der Waals surface area contributed by atoms with Crippen LogP contribution in [0.5, 0.6) is 5.75 Å². The Hall–Kier alpha value is -1.37. The highest BCUT2D eigenvalue weighted by molar-refractivity contribution is 6.48. The Morgan fingerprint density at radius 2 is 1.95 bits per heavy atom. The summed E-state index contributed by atoms with van der Waals surface area (Å²) in [6.07, 6.45) is 2.26. The highest BCUT2D eigenvalue weighted by atomic mass is 28.3. The third-order valence-corrected chi connectivity index (χ3v) is 3.77. The van der Waals surface area contributed by atoms with Crippen LogP contribution in [0.3, 0.4) is 0 Å². The third-order valence-electron chi connectivity index (χ3n) is 3.08. The number of hydroxylamine groups is 2. The maximum Gasteiger partial charge on any atom is 0.323 e. The van der Waals surface area contributed by atoms with Gasteiger partial charge >= 0.3 is 5.97 Å². The molecule has 118 valence electrons. The summed E-state index contributed by atoms with van der Waals surface area (Å²) < 4.78 is 5.81. The topological polar surface area (TPSA) is 70.0 Å². The summed E-state index contributed by atoms with van der Waals surface area (Å²) in [5, 5.41) is 20.4. The lowest BCUT2D eigenvalue weighted by molar-refractivity contribution is -0.162. The summed E-state index contributed by atoms with van der Waals surface area (Å²) in [6, 6.07) is 5.94. The molecule has 5 nitrogen and oxygen atoms in total. The van der Waals surface area contributed by atoms with E-state index in [1.54, 1.807) is 29.3 Å². The van der Waals surface area contributed by atoms with Gasteiger partial charge in [-0.15, -0.1) is 0 Å². The van der Waals surface area contributed by atoms with Gasteiger partial charge in [-0.1, -0.05) is 25.5 Å². The molecule has 0 fully saturated rings. The number of rotatable bonds is 9. The highest BCUT2D eigenvalue weighted by Gasteiger charge is 2.27. The van der Waals surface area contributed by atoms with Crippen molar-refractivity contribution in [1.29, 1.82) is 0 Å². The number of carbonyl (C=O) groups is 1. The predicted molar refractivity (Wildman–Crippen MR) is 84.8 cm³/mol. The summed E-state index contributed by atoms with van der Waals surface area (Å²) in [5.74, 6) is -0.701. The van der Waals surface area contributed by atoms with E-state index in [1.165, 1.54) is 0 Å². The molecule has 1 rings (SSSR count). The minimum absolute atomic E-state index is 0.180. The van der Waals surface area contributed by atoms with Crippen LogP contribution >= 0.6 is 0 Å². The molecule has 0 aliphatic carbocycles. The van der Waals surface area contributed by atoms with Crippen LogP contribution in [0, 0.1) is 0 Å². The SMILES string of the molecule is CCCCN(O[SiH](C)C)[C@@H](Cc1ccc(O)cc1)C(=O)O. The Morgan fingerprint density at radius 3 is 2.43 bits per heavy atom. The zero-order valence-corrected chi connectivity index (χ0v) is 14.1. The van der Waals surface area contributed by atoms with Gasteiger partial charge in [-0.3, -0.25) is 4.79 Å². The molecule has 0 aliphatic heterocycles. The van der Waals surface area contributed by atoms with Crippen LogP contribution in [0.2, 0.25) is 13.1 Å². The molecule has 1 atom stereocenters. The van der Waals surface area contributed by atoms with E-state index in [-0.39, 0.29) is 5.75 Å². The number of aliphatic carboxylic acids is 1. The average molecular weight is 311 g/mol. The van der Waals surface area contributed by atoms with Gasteiger partial charge in [0.1, 0.15) is 11.8 Å². The maximum absolute atomic E-state index is 11.6. The number of hydrogen-bond acceptors (Lipinski definition) is 4. The zero-order chi connectivity index (χ0) is 15.8. The van der Waals surface area contributed by atoms with Crippen molar-refractivity contribution >= 4 is 15.0 Å². The van der Waals surface area contributed by atoms with Crippen LogP contribution < -0.4 is 0 Å². The molecule has 0 spiro atoms. The van der Waals surface area contributed by atoms with Crippen molar-refractivity contribution in [2.45, 2.75) is 45.3 Å². The number of nitrogens with zero attached hydrogens (tertiary/aromatic N) is 1. The molecular formula is C15H25NO4Si. The van der Waals surface area contributed by atoms with E-state index < -0.39 is 21.1 Å². The molecule has 2 N–H and O–H groups in total. The van der Waals surface area contributed by atoms with E-state index in [4.69, 9.17) is 4.53 Å². The summed E-state index contributed by atoms with van der Waals surface area (Å²) in [7, 11) is -1.36. The molecule has 0 heterocycles. The minimum Gasteiger partial charge on any atom is -0.508 e. The molecule has 1 aromatic rings. The number of hydrogen-bond donors (Lipinski definition) is 2. The fourth-order valence-corrected chi connectivity index (χ4v) is 2.83. The number of phenolic OH excluding ortho intramolecular Hbond substituents is 1. The fourth-order valence-electron chi connectivity index (χ4n) is 2.03. The first-order valence-electron chi connectivity index (χ1n) is 7.38. The minimum atomic E-state index is -1.36. The molecule has 0 saturated heterocycles. The molecular weight excluding hydrogens is 286 g/mol. The first-order chi connectivity index (χ1) is 9.93. The van der Waals surface area contributed by atoms with Gasteiger partial charge in [-0.25, -0.2) is 0 Å². The van der Waals surface area contributed by atoms with Gasteiger partial charge in [0.25, 0.3) is 0 Å². The molecule has 0 aromatic heterocycles. The van der Waals surface area contributed by atoms with E-state index in [2.05, 4.69) is 6.92 Å². The van der Waals surface area contributed by atoms with E-state index in [9.17, 15) is 15.0 Å². The zero-order valence-electron chi connectivity index (χ0n) is 13.0. The summed E-state index contributed by atoms with van der Waals surface area (Å²) in [4.78, 5) is 11.6. The molecule has 6 heteroatoms. The van der Waals surface area contributed by atoms with Crippen LogP contribution in [0.15, 0.2) is 24.3 Å². The van der Waals surface area contributed by atoms with Crippen molar-refractivity contribution in [3.05, 3.63) is 29.8 Å². The van der Waals surface area contributed by atoms with Crippen molar-refractivity contribution in [3.8, 4) is 5.75 Å². The normalized spacial score (nSPS) is 12.8. The quantitative estimate of drug-likeness (QED) is 0.541. The molecule has 0 radical (unpaired) electrons. The molecule has 0 saturated carbocycles. The van der Waals surface area contributed by atoms with Gasteiger partial charge in [0.05, 0.1) is 0 Å². The Balaban J connectivity index is 2.84. The number of carboxylic acids is 1. The summed E-state index contributed by atoms with van der Waals surface area (Å²) in [5.41, 5.74) is 0.871. The lowest BCUT2D eigenvalue weighted by atomic mass is 10.1. The van der Waals surface area contributed by atoms with Gasteiger partial charge in [0.2, 0.25) is 0 Å². The van der Waals surface area contributed by atoms with Crippen LogP contribution in [0.4, 0.5) is 0 Å². The number of carboxylic acid groups (broad SMARTS) is 1. The molecule has 21 heavy (non-hydrogen) atoms. The Labute approximate surface area is 127 Å². The van der Waals surface area contributed by atoms with E-state index in [0.29, 0.717) is 13.0 Å². The van der Waals surface area contributed by atoms with E-state index in [0.717, 1.165) is 18.4 Å². The Kier molecular flexibility index (Phi) is 7.42.